The highest BCUT2D eigenvalue weighted by Crippen LogP contribution is 2.42. The van der Waals surface area contributed by atoms with Gasteiger partial charge in [-0.3, -0.25) is 9.59 Å². The number of aliphatic hydroxyl groups excluding tert-OH is 1. The number of hydrogen-bond donors (Lipinski definition) is 2. The molecular formula is C30H24N2O6S. The van der Waals surface area contributed by atoms with Gasteiger partial charge in [0.05, 0.1) is 34.9 Å². The molecule has 1 aliphatic rings. The monoisotopic (exact) mass is 540 g/mol. The summed E-state index contributed by atoms with van der Waals surface area (Å²) in [6, 6.07) is 21.7. The van der Waals surface area contributed by atoms with Crippen molar-refractivity contribution in [2.75, 3.05) is 7.11 Å². The fraction of sp³-hybridized carbons (Fsp3) is 0.133. The minimum Gasteiger partial charge on any atom is -0.503 e. The van der Waals surface area contributed by atoms with Crippen molar-refractivity contribution >= 4 is 29.0 Å². The smallest absolute Gasteiger partial charge is 0.335 e. The van der Waals surface area contributed by atoms with Crippen molar-refractivity contribution in [2.45, 2.75) is 19.5 Å². The van der Waals surface area contributed by atoms with Gasteiger partial charge in [0, 0.05) is 12.1 Å². The van der Waals surface area contributed by atoms with E-state index in [0.29, 0.717) is 32.5 Å². The van der Waals surface area contributed by atoms with E-state index in [1.165, 1.54) is 28.4 Å². The lowest BCUT2D eigenvalue weighted by atomic mass is 9.94. The number of amides is 1. The quantitative estimate of drug-likeness (QED) is 0.279. The van der Waals surface area contributed by atoms with Gasteiger partial charge in [0.25, 0.3) is 5.91 Å². The Bertz CT molecular complexity index is 1590. The summed E-state index contributed by atoms with van der Waals surface area (Å²) in [6.45, 7) is 1.78. The van der Waals surface area contributed by atoms with Gasteiger partial charge in [-0.1, -0.05) is 54.6 Å². The number of aromatic nitrogens is 1. The molecule has 5 rings (SSSR count). The summed E-state index contributed by atoms with van der Waals surface area (Å²) in [5.74, 6) is -2.23. The second-order valence-corrected chi connectivity index (χ2v) is 10.0. The first-order chi connectivity index (χ1) is 18.8. The van der Waals surface area contributed by atoms with Crippen LogP contribution in [0, 0.1) is 6.92 Å². The molecule has 0 bridgehead atoms. The molecule has 0 saturated heterocycles. The van der Waals surface area contributed by atoms with Crippen molar-refractivity contribution in [3.63, 3.8) is 0 Å². The zero-order valence-electron chi connectivity index (χ0n) is 21.1. The predicted molar refractivity (Wildman–Crippen MR) is 146 cm³/mol. The Hall–Kier alpha value is -4.76. The Morgan fingerprint density at radius 2 is 1.67 bits per heavy atom. The molecule has 3 aromatic carbocycles. The summed E-state index contributed by atoms with van der Waals surface area (Å²) in [5, 5.41) is 20.9. The number of thiazole rings is 1. The largest absolute Gasteiger partial charge is 0.503 e. The van der Waals surface area contributed by atoms with Crippen LogP contribution in [0.3, 0.4) is 0 Å². The summed E-state index contributed by atoms with van der Waals surface area (Å²) in [4.78, 5) is 44.9. The summed E-state index contributed by atoms with van der Waals surface area (Å²) in [5.41, 5.74) is 2.72. The molecule has 0 saturated carbocycles. The van der Waals surface area contributed by atoms with Crippen LogP contribution in [0.15, 0.2) is 90.2 Å². The molecule has 1 atom stereocenters. The maximum atomic E-state index is 14.0. The van der Waals surface area contributed by atoms with Crippen molar-refractivity contribution in [2.24, 2.45) is 0 Å². The van der Waals surface area contributed by atoms with E-state index in [1.807, 2.05) is 30.3 Å². The van der Waals surface area contributed by atoms with E-state index < -0.39 is 29.5 Å². The molecule has 0 fully saturated rings. The number of hydrogen-bond acceptors (Lipinski definition) is 7. The van der Waals surface area contributed by atoms with Gasteiger partial charge < -0.3 is 19.8 Å². The van der Waals surface area contributed by atoms with Gasteiger partial charge in [-0.25, -0.2) is 9.78 Å². The van der Waals surface area contributed by atoms with Crippen LogP contribution in [0.4, 0.5) is 0 Å². The Morgan fingerprint density at radius 3 is 2.28 bits per heavy atom. The number of carbonyl (C=O) groups is 3. The number of carboxylic acid groups (broad SMARTS) is 1. The fourth-order valence-corrected chi connectivity index (χ4v) is 5.59. The predicted octanol–water partition coefficient (Wildman–Crippen LogP) is 5.60. The molecule has 0 radical (unpaired) electrons. The number of aromatic carboxylic acids is 1. The first-order valence-corrected chi connectivity index (χ1v) is 12.9. The lowest BCUT2D eigenvalue weighted by molar-refractivity contribution is -0.130. The van der Waals surface area contributed by atoms with E-state index in [2.05, 4.69) is 4.98 Å². The van der Waals surface area contributed by atoms with E-state index in [9.17, 15) is 24.6 Å². The van der Waals surface area contributed by atoms with E-state index in [0.717, 1.165) is 5.56 Å². The molecule has 0 spiro atoms. The third-order valence-electron chi connectivity index (χ3n) is 6.56. The highest BCUT2D eigenvalue weighted by atomic mass is 32.1. The van der Waals surface area contributed by atoms with E-state index in [1.54, 1.807) is 50.4 Å². The number of carbonyl (C=O) groups excluding carboxylic acids is 2. The van der Waals surface area contributed by atoms with Gasteiger partial charge in [0.1, 0.15) is 10.8 Å². The molecule has 1 unspecified atom stereocenters. The first-order valence-electron chi connectivity index (χ1n) is 12.1. The zero-order valence-corrected chi connectivity index (χ0v) is 21.9. The maximum absolute atomic E-state index is 14.0. The molecule has 1 aromatic heterocycles. The number of aliphatic hydroxyl groups is 1. The third-order valence-corrected chi connectivity index (χ3v) is 7.76. The molecule has 196 valence electrons. The molecule has 4 aromatic rings. The van der Waals surface area contributed by atoms with Crippen molar-refractivity contribution in [1.29, 1.82) is 0 Å². The van der Waals surface area contributed by atoms with Gasteiger partial charge in [0.15, 0.2) is 5.76 Å². The van der Waals surface area contributed by atoms with Gasteiger partial charge in [-0.2, -0.15) is 0 Å². The minimum atomic E-state index is -1.06. The highest BCUT2D eigenvalue weighted by Gasteiger charge is 2.44. The maximum Gasteiger partial charge on any atom is 0.335 e. The van der Waals surface area contributed by atoms with Crippen molar-refractivity contribution in [1.82, 2.24) is 9.88 Å². The Kier molecular flexibility index (Phi) is 7.00. The Labute approximate surface area is 228 Å². The van der Waals surface area contributed by atoms with Crippen molar-refractivity contribution in [3.05, 3.63) is 117 Å². The van der Waals surface area contributed by atoms with Gasteiger partial charge >= 0.3 is 5.97 Å². The summed E-state index contributed by atoms with van der Waals surface area (Å²) < 4.78 is 5.27. The molecule has 8 nitrogen and oxygen atoms in total. The number of ether oxygens (including phenoxy) is 1. The Balaban J connectivity index is 1.55. The van der Waals surface area contributed by atoms with Gasteiger partial charge in [0.2, 0.25) is 5.78 Å². The minimum absolute atomic E-state index is 0.0290. The van der Waals surface area contributed by atoms with Gasteiger partial charge in [-0.15, -0.1) is 11.3 Å². The molecule has 9 heteroatoms. The summed E-state index contributed by atoms with van der Waals surface area (Å²) >= 11 is 1.21. The SMILES string of the molecule is COc1ccc(C2C(C(=O)c3sc(-c4ccccc4)nc3C)=C(O)C(=O)N2Cc2ccc(C(=O)O)cc2)cc1. The van der Waals surface area contributed by atoms with Crippen LogP contribution in [-0.4, -0.2) is 44.9 Å². The normalized spacial score (nSPS) is 15.1. The van der Waals surface area contributed by atoms with Crippen LogP contribution in [0.25, 0.3) is 10.6 Å². The number of ketones is 1. The third kappa shape index (κ3) is 4.92. The van der Waals surface area contributed by atoms with Crippen LogP contribution in [0.2, 0.25) is 0 Å². The van der Waals surface area contributed by atoms with Crippen LogP contribution in [-0.2, 0) is 11.3 Å². The molecule has 1 aliphatic heterocycles. The van der Waals surface area contributed by atoms with Crippen molar-refractivity contribution in [3.8, 4) is 16.3 Å². The van der Waals surface area contributed by atoms with Crippen LogP contribution in [0.5, 0.6) is 5.75 Å². The average molecular weight is 541 g/mol. The topological polar surface area (TPSA) is 117 Å². The van der Waals surface area contributed by atoms with Crippen LogP contribution in [0.1, 0.15) is 42.9 Å². The highest BCUT2D eigenvalue weighted by molar-refractivity contribution is 7.17. The molecule has 2 heterocycles. The number of rotatable bonds is 8. The lowest BCUT2D eigenvalue weighted by Crippen LogP contribution is -2.30. The van der Waals surface area contributed by atoms with Crippen molar-refractivity contribution < 1.29 is 29.3 Å². The fourth-order valence-electron chi connectivity index (χ4n) is 4.56. The van der Waals surface area contributed by atoms with E-state index in [-0.39, 0.29) is 17.7 Å². The summed E-state index contributed by atoms with van der Waals surface area (Å²) in [6.07, 6.45) is 0. The zero-order chi connectivity index (χ0) is 27.7. The number of nitrogens with zero attached hydrogens (tertiary/aromatic N) is 2. The number of aryl methyl sites for hydroxylation is 1. The van der Waals surface area contributed by atoms with Gasteiger partial charge in [-0.05, 0) is 42.3 Å². The second kappa shape index (κ2) is 10.5. The molecule has 39 heavy (non-hydrogen) atoms. The number of Topliss-reactive ketones (excluding diaryl/α,β-unsaturated/α-hetero) is 1. The van der Waals surface area contributed by atoms with E-state index >= 15 is 0 Å². The lowest BCUT2D eigenvalue weighted by Gasteiger charge is -2.27. The van der Waals surface area contributed by atoms with E-state index in [4.69, 9.17) is 4.74 Å². The second-order valence-electron chi connectivity index (χ2n) is 9.00. The molecular weight excluding hydrogens is 516 g/mol. The van der Waals surface area contributed by atoms with Crippen LogP contribution < -0.4 is 4.74 Å². The first kappa shape index (κ1) is 25.9. The van der Waals surface area contributed by atoms with Crippen LogP contribution >= 0.6 is 11.3 Å². The molecule has 1 amide bonds. The molecule has 2 N–H and O–H groups in total. The molecule has 0 aliphatic carbocycles. The Morgan fingerprint density at radius 1 is 1.00 bits per heavy atom. The standard InChI is InChI=1S/C30H24N2O6S/c1-17-27(39-28(31-17)20-6-4-3-5-7-20)25(33)23-24(19-12-14-22(38-2)15-13-19)32(29(35)26(23)34)16-18-8-10-21(11-9-18)30(36)37/h3-15,24,34H,16H2,1-2H3,(H,36,37). The number of methoxy groups -OCH3 is 1. The summed E-state index contributed by atoms with van der Waals surface area (Å²) in [7, 11) is 1.54. The number of benzene rings is 3. The number of carboxylic acids is 1. The average Bonchev–Trinajstić information content (AvgIpc) is 3.46.